The number of thiazole rings is 1. The molecule has 0 fully saturated rings. The molecular weight excluding hydrogens is 350 g/mol. The van der Waals surface area contributed by atoms with Crippen LogP contribution in [0.4, 0.5) is 5.69 Å². The summed E-state index contributed by atoms with van der Waals surface area (Å²) in [5.74, 6) is 0. The molecule has 0 radical (unpaired) electrons. The summed E-state index contributed by atoms with van der Waals surface area (Å²) in [5.41, 5.74) is 3.27. The summed E-state index contributed by atoms with van der Waals surface area (Å²) in [6.45, 7) is 2.64. The zero-order chi connectivity index (χ0) is 17.6. The van der Waals surface area contributed by atoms with Gasteiger partial charge >= 0.3 is 0 Å². The minimum atomic E-state index is 0.170. The molecule has 0 amide bonds. The van der Waals surface area contributed by atoms with Gasteiger partial charge in [-0.05, 0) is 49.0 Å². The Morgan fingerprint density at radius 2 is 1.96 bits per heavy atom. The van der Waals surface area contributed by atoms with E-state index in [0.29, 0.717) is 11.7 Å². The van der Waals surface area contributed by atoms with Gasteiger partial charge in [0, 0.05) is 25.3 Å². The third-order valence-corrected chi connectivity index (χ3v) is 4.96. The lowest BCUT2D eigenvalue weighted by Gasteiger charge is -2.16. The van der Waals surface area contributed by atoms with Gasteiger partial charge in [-0.15, -0.1) is 11.3 Å². The van der Waals surface area contributed by atoms with Gasteiger partial charge in [-0.25, -0.2) is 4.98 Å². The van der Waals surface area contributed by atoms with Crippen LogP contribution in [0.2, 0.25) is 0 Å². The molecule has 0 aliphatic carbocycles. The number of para-hydroxylation sites is 1. The number of benzene rings is 2. The highest BCUT2D eigenvalue weighted by atomic mass is 32.1. The van der Waals surface area contributed by atoms with E-state index in [-0.39, 0.29) is 6.04 Å². The number of methoxy groups -OCH3 is 1. The van der Waals surface area contributed by atoms with Crippen molar-refractivity contribution < 1.29 is 4.74 Å². The predicted molar refractivity (Wildman–Crippen MR) is 110 cm³/mol. The first kappa shape index (κ1) is 17.8. The van der Waals surface area contributed by atoms with Crippen LogP contribution >= 0.6 is 23.6 Å². The number of aromatic nitrogens is 1. The maximum absolute atomic E-state index is 5.31. The fourth-order valence-electron chi connectivity index (χ4n) is 2.56. The molecule has 3 rings (SSSR count). The van der Waals surface area contributed by atoms with E-state index in [1.807, 2.05) is 25.1 Å². The Bertz CT molecular complexity index is 812. The molecule has 2 aromatic carbocycles. The first-order valence-electron chi connectivity index (χ1n) is 8.14. The number of nitrogens with zero attached hydrogens (tertiary/aromatic N) is 1. The van der Waals surface area contributed by atoms with Crippen molar-refractivity contribution in [1.29, 1.82) is 0 Å². The number of ether oxygens (including phenoxy) is 1. The molecule has 0 unspecified atom stereocenters. The Balaban J connectivity index is 1.59. The first-order valence-corrected chi connectivity index (χ1v) is 9.36. The van der Waals surface area contributed by atoms with Gasteiger partial charge in [0.2, 0.25) is 0 Å². The lowest BCUT2D eigenvalue weighted by molar-refractivity contribution is 0.179. The Morgan fingerprint density at radius 1 is 1.20 bits per heavy atom. The zero-order valence-corrected chi connectivity index (χ0v) is 15.9. The van der Waals surface area contributed by atoms with Crippen LogP contribution in [0.15, 0.2) is 48.5 Å². The fourth-order valence-corrected chi connectivity index (χ4v) is 3.88. The highest BCUT2D eigenvalue weighted by Gasteiger charge is 2.06. The van der Waals surface area contributed by atoms with E-state index in [4.69, 9.17) is 17.0 Å². The lowest BCUT2D eigenvalue weighted by Crippen LogP contribution is -2.38. The summed E-state index contributed by atoms with van der Waals surface area (Å²) in [7, 11) is 1.68. The molecule has 0 aliphatic rings. The van der Waals surface area contributed by atoms with Gasteiger partial charge in [0.25, 0.3) is 0 Å². The number of hydrogen-bond donors (Lipinski definition) is 2. The molecule has 2 N–H and O–H groups in total. The molecular formula is C19H21N3OS2. The molecule has 0 saturated carbocycles. The van der Waals surface area contributed by atoms with E-state index in [2.05, 4.69) is 45.9 Å². The standard InChI is InChI=1S/C19H21N3OS2/c1-13(12-23-2)20-19(24)21-15-9-7-14(8-10-15)11-18-22-16-5-3-4-6-17(16)25-18/h3-10,13H,11-12H2,1-2H3,(H2,20,21,24)/t13-/m0/s1. The fraction of sp³-hybridized carbons (Fsp3) is 0.263. The highest BCUT2D eigenvalue weighted by molar-refractivity contribution is 7.80. The lowest BCUT2D eigenvalue weighted by atomic mass is 10.1. The number of anilines is 1. The summed E-state index contributed by atoms with van der Waals surface area (Å²) >= 11 is 7.06. The van der Waals surface area contributed by atoms with Crippen molar-refractivity contribution in [2.24, 2.45) is 0 Å². The third-order valence-electron chi connectivity index (χ3n) is 3.70. The molecule has 1 heterocycles. The monoisotopic (exact) mass is 371 g/mol. The molecule has 25 heavy (non-hydrogen) atoms. The molecule has 130 valence electrons. The molecule has 0 spiro atoms. The van der Waals surface area contributed by atoms with Crippen molar-refractivity contribution >= 4 is 44.6 Å². The van der Waals surface area contributed by atoms with Crippen LogP contribution in [0.5, 0.6) is 0 Å². The quantitative estimate of drug-likeness (QED) is 0.636. The normalized spacial score (nSPS) is 12.1. The van der Waals surface area contributed by atoms with Crippen molar-refractivity contribution in [2.45, 2.75) is 19.4 Å². The van der Waals surface area contributed by atoms with Gasteiger partial charge in [0.05, 0.1) is 21.8 Å². The zero-order valence-electron chi connectivity index (χ0n) is 14.3. The Morgan fingerprint density at radius 3 is 2.68 bits per heavy atom. The Hall–Kier alpha value is -2.02. The number of fused-ring (bicyclic) bond motifs is 1. The molecule has 4 nitrogen and oxygen atoms in total. The Kier molecular flexibility index (Phi) is 5.96. The van der Waals surface area contributed by atoms with Crippen LogP contribution in [0.1, 0.15) is 17.5 Å². The van der Waals surface area contributed by atoms with Crippen molar-refractivity contribution in [1.82, 2.24) is 10.3 Å². The van der Waals surface area contributed by atoms with Crippen molar-refractivity contribution in [3.63, 3.8) is 0 Å². The maximum Gasteiger partial charge on any atom is 0.171 e. The topological polar surface area (TPSA) is 46.2 Å². The Labute approximate surface area is 157 Å². The minimum absolute atomic E-state index is 0.170. The predicted octanol–water partition coefficient (Wildman–Crippen LogP) is 4.21. The number of thiocarbonyl (C=S) groups is 1. The molecule has 6 heteroatoms. The minimum Gasteiger partial charge on any atom is -0.383 e. The van der Waals surface area contributed by atoms with E-state index in [1.165, 1.54) is 10.3 Å². The molecule has 1 aromatic heterocycles. The van der Waals surface area contributed by atoms with Crippen LogP contribution in [0.3, 0.4) is 0 Å². The van der Waals surface area contributed by atoms with E-state index < -0.39 is 0 Å². The van der Waals surface area contributed by atoms with E-state index in [1.54, 1.807) is 18.4 Å². The summed E-state index contributed by atoms with van der Waals surface area (Å²) < 4.78 is 6.33. The summed E-state index contributed by atoms with van der Waals surface area (Å²) in [4.78, 5) is 4.69. The van der Waals surface area contributed by atoms with Gasteiger partial charge in [0.15, 0.2) is 5.11 Å². The molecule has 0 aliphatic heterocycles. The summed E-state index contributed by atoms with van der Waals surface area (Å²) in [6, 6.07) is 16.7. The van der Waals surface area contributed by atoms with E-state index in [0.717, 1.165) is 22.6 Å². The maximum atomic E-state index is 5.31. The average Bonchev–Trinajstić information content (AvgIpc) is 2.99. The first-order chi connectivity index (χ1) is 12.1. The van der Waals surface area contributed by atoms with E-state index >= 15 is 0 Å². The van der Waals surface area contributed by atoms with Crippen LogP contribution in [0.25, 0.3) is 10.2 Å². The van der Waals surface area contributed by atoms with Crippen molar-refractivity contribution in [2.75, 3.05) is 19.0 Å². The van der Waals surface area contributed by atoms with Gasteiger partial charge in [-0.1, -0.05) is 24.3 Å². The second kappa shape index (κ2) is 8.38. The van der Waals surface area contributed by atoms with Crippen LogP contribution in [0, 0.1) is 0 Å². The van der Waals surface area contributed by atoms with Gasteiger partial charge in [-0.2, -0.15) is 0 Å². The summed E-state index contributed by atoms with van der Waals surface area (Å²) in [5, 5.41) is 8.11. The highest BCUT2D eigenvalue weighted by Crippen LogP contribution is 2.24. The number of nitrogens with one attached hydrogen (secondary N) is 2. The summed E-state index contributed by atoms with van der Waals surface area (Å²) in [6.07, 6.45) is 0.840. The second-order valence-corrected chi connectivity index (χ2v) is 7.43. The van der Waals surface area contributed by atoms with Gasteiger partial charge in [-0.3, -0.25) is 0 Å². The van der Waals surface area contributed by atoms with E-state index in [9.17, 15) is 0 Å². The molecule has 0 bridgehead atoms. The second-order valence-electron chi connectivity index (χ2n) is 5.90. The smallest absolute Gasteiger partial charge is 0.171 e. The van der Waals surface area contributed by atoms with Crippen LogP contribution in [-0.2, 0) is 11.2 Å². The van der Waals surface area contributed by atoms with Crippen LogP contribution in [-0.4, -0.2) is 29.9 Å². The SMILES string of the molecule is COC[C@H](C)NC(=S)Nc1ccc(Cc2nc3ccccc3s2)cc1. The molecule has 3 aromatic rings. The molecule has 1 atom stereocenters. The van der Waals surface area contributed by atoms with Crippen molar-refractivity contribution in [3.8, 4) is 0 Å². The van der Waals surface area contributed by atoms with Crippen LogP contribution < -0.4 is 10.6 Å². The average molecular weight is 372 g/mol. The van der Waals surface area contributed by atoms with Crippen molar-refractivity contribution in [3.05, 3.63) is 59.1 Å². The number of rotatable bonds is 6. The third kappa shape index (κ3) is 4.98. The largest absolute Gasteiger partial charge is 0.383 e. The van der Waals surface area contributed by atoms with Gasteiger partial charge < -0.3 is 15.4 Å². The van der Waals surface area contributed by atoms with Gasteiger partial charge in [0.1, 0.15) is 0 Å². The number of hydrogen-bond acceptors (Lipinski definition) is 4. The molecule has 0 saturated heterocycles.